The number of carbonyl (C=O) groups is 1. The van der Waals surface area contributed by atoms with Crippen LogP contribution in [-0.2, 0) is 4.74 Å². The van der Waals surface area contributed by atoms with E-state index in [-0.39, 0.29) is 27.8 Å². The smallest absolute Gasteiger partial charge is 0.338 e. The second kappa shape index (κ2) is 6.68. The molecule has 0 bridgehead atoms. The summed E-state index contributed by atoms with van der Waals surface area (Å²) in [6.07, 6.45) is 5.34. The fourth-order valence-corrected chi connectivity index (χ4v) is 3.13. The molecule has 1 aliphatic carbocycles. The van der Waals surface area contributed by atoms with E-state index in [2.05, 4.69) is 6.92 Å². The molecule has 0 aliphatic heterocycles. The zero-order valence-corrected chi connectivity index (χ0v) is 13.0. The molecular formula is C15H19Cl2NO2. The lowest BCUT2D eigenvalue weighted by atomic mass is 9.85. The number of esters is 1. The molecule has 1 aliphatic rings. The first-order valence-electron chi connectivity index (χ1n) is 6.96. The van der Waals surface area contributed by atoms with E-state index in [0.717, 1.165) is 25.7 Å². The third kappa shape index (κ3) is 3.58. The van der Waals surface area contributed by atoms with Gasteiger partial charge in [-0.2, -0.15) is 0 Å². The number of anilines is 1. The number of rotatable bonds is 3. The van der Waals surface area contributed by atoms with Gasteiger partial charge in [0, 0.05) is 0 Å². The first kappa shape index (κ1) is 15.5. The topological polar surface area (TPSA) is 52.3 Å². The Morgan fingerprint density at radius 1 is 1.35 bits per heavy atom. The van der Waals surface area contributed by atoms with Gasteiger partial charge in [-0.15, -0.1) is 0 Å². The van der Waals surface area contributed by atoms with Crippen molar-refractivity contribution >= 4 is 34.9 Å². The zero-order valence-electron chi connectivity index (χ0n) is 11.5. The number of carbonyl (C=O) groups excluding carboxylic acids is 1. The molecule has 1 aromatic carbocycles. The van der Waals surface area contributed by atoms with E-state index in [4.69, 9.17) is 33.7 Å². The molecule has 0 saturated heterocycles. The molecule has 2 unspecified atom stereocenters. The molecule has 2 atom stereocenters. The summed E-state index contributed by atoms with van der Waals surface area (Å²) in [5.74, 6) is 0.274. The summed E-state index contributed by atoms with van der Waals surface area (Å²) in [6.45, 7) is 2.17. The van der Waals surface area contributed by atoms with Crippen LogP contribution in [0.15, 0.2) is 12.1 Å². The Kier molecular flexibility index (Phi) is 5.17. The van der Waals surface area contributed by atoms with E-state index in [0.29, 0.717) is 11.5 Å². The molecule has 0 spiro atoms. The molecule has 0 radical (unpaired) electrons. The molecule has 20 heavy (non-hydrogen) atoms. The van der Waals surface area contributed by atoms with Crippen molar-refractivity contribution in [2.24, 2.45) is 5.92 Å². The maximum Gasteiger partial charge on any atom is 0.338 e. The minimum absolute atomic E-state index is 0.00342. The van der Waals surface area contributed by atoms with Crippen LogP contribution in [0.5, 0.6) is 0 Å². The lowest BCUT2D eigenvalue weighted by Crippen LogP contribution is -2.25. The van der Waals surface area contributed by atoms with Crippen LogP contribution in [0.2, 0.25) is 10.0 Å². The van der Waals surface area contributed by atoms with Crippen LogP contribution in [0.1, 0.15) is 49.4 Å². The molecule has 0 aromatic heterocycles. The second-order valence-corrected chi connectivity index (χ2v) is 6.14. The highest BCUT2D eigenvalue weighted by molar-refractivity contribution is 6.39. The van der Waals surface area contributed by atoms with Gasteiger partial charge in [-0.05, 0) is 37.3 Å². The highest BCUT2D eigenvalue weighted by Crippen LogP contribution is 2.31. The van der Waals surface area contributed by atoms with Gasteiger partial charge in [0.25, 0.3) is 0 Å². The fourth-order valence-electron chi connectivity index (χ4n) is 2.64. The molecule has 5 heteroatoms. The average Bonchev–Trinajstić information content (AvgIpc) is 2.44. The van der Waals surface area contributed by atoms with E-state index < -0.39 is 0 Å². The number of halogens is 2. The minimum atomic E-state index is -0.379. The van der Waals surface area contributed by atoms with Gasteiger partial charge in [0.2, 0.25) is 0 Å². The van der Waals surface area contributed by atoms with Crippen molar-refractivity contribution in [2.45, 2.75) is 45.1 Å². The average molecular weight is 316 g/mol. The summed E-state index contributed by atoms with van der Waals surface area (Å²) in [4.78, 5) is 12.1. The highest BCUT2D eigenvalue weighted by Gasteiger charge is 2.24. The van der Waals surface area contributed by atoms with Gasteiger partial charge < -0.3 is 10.5 Å². The number of hydrogen-bond donors (Lipinski definition) is 1. The lowest BCUT2D eigenvalue weighted by Gasteiger charge is -2.28. The Labute approximate surface area is 129 Å². The van der Waals surface area contributed by atoms with Gasteiger partial charge in [-0.25, -0.2) is 4.79 Å². The van der Waals surface area contributed by atoms with Crippen LogP contribution in [0.3, 0.4) is 0 Å². The van der Waals surface area contributed by atoms with Crippen LogP contribution in [-0.4, -0.2) is 12.1 Å². The Balaban J connectivity index is 2.05. The molecule has 0 amide bonds. The number of benzene rings is 1. The Morgan fingerprint density at radius 3 is 2.60 bits per heavy atom. The minimum Gasteiger partial charge on any atom is -0.459 e. The normalized spacial score (nSPS) is 22.6. The molecule has 1 aromatic rings. The van der Waals surface area contributed by atoms with Crippen LogP contribution >= 0.6 is 23.2 Å². The zero-order chi connectivity index (χ0) is 14.7. The van der Waals surface area contributed by atoms with Gasteiger partial charge in [-0.1, -0.05) is 43.0 Å². The SMILES string of the molecule is CCC1CCCC(OC(=O)c2cc(Cl)c(N)c(Cl)c2)C1. The van der Waals surface area contributed by atoms with Crippen molar-refractivity contribution < 1.29 is 9.53 Å². The van der Waals surface area contributed by atoms with E-state index in [1.54, 1.807) is 0 Å². The number of hydrogen-bond acceptors (Lipinski definition) is 3. The second-order valence-electron chi connectivity index (χ2n) is 5.32. The third-order valence-electron chi connectivity index (χ3n) is 3.90. The molecular weight excluding hydrogens is 297 g/mol. The van der Waals surface area contributed by atoms with Crippen molar-refractivity contribution in [1.82, 2.24) is 0 Å². The molecule has 2 rings (SSSR count). The predicted octanol–water partition coefficient (Wildman–Crippen LogP) is 4.70. The van der Waals surface area contributed by atoms with E-state index in [1.807, 2.05) is 0 Å². The maximum atomic E-state index is 12.1. The summed E-state index contributed by atoms with van der Waals surface area (Å²) in [6, 6.07) is 3.01. The van der Waals surface area contributed by atoms with Crippen molar-refractivity contribution in [3.8, 4) is 0 Å². The largest absolute Gasteiger partial charge is 0.459 e. The number of nitrogens with two attached hydrogens (primary N) is 1. The van der Waals surface area contributed by atoms with Crippen LogP contribution < -0.4 is 5.73 Å². The van der Waals surface area contributed by atoms with E-state index >= 15 is 0 Å². The van der Waals surface area contributed by atoms with Gasteiger partial charge in [-0.3, -0.25) is 0 Å². The maximum absolute atomic E-state index is 12.1. The van der Waals surface area contributed by atoms with Gasteiger partial charge >= 0.3 is 5.97 Å². The van der Waals surface area contributed by atoms with Gasteiger partial charge in [0.05, 0.1) is 21.3 Å². The van der Waals surface area contributed by atoms with Gasteiger partial charge in [0.1, 0.15) is 6.10 Å². The summed E-state index contributed by atoms with van der Waals surface area (Å²) in [5, 5.41) is 0.555. The Bertz CT molecular complexity index is 482. The molecule has 1 saturated carbocycles. The first-order valence-corrected chi connectivity index (χ1v) is 7.72. The first-order chi connectivity index (χ1) is 9.51. The monoisotopic (exact) mass is 315 g/mol. The Morgan fingerprint density at radius 2 is 2.00 bits per heavy atom. The van der Waals surface area contributed by atoms with Crippen LogP contribution in [0.25, 0.3) is 0 Å². The molecule has 3 nitrogen and oxygen atoms in total. The predicted molar refractivity (Wildman–Crippen MR) is 82.3 cm³/mol. The van der Waals surface area contributed by atoms with E-state index in [9.17, 15) is 4.79 Å². The van der Waals surface area contributed by atoms with E-state index in [1.165, 1.54) is 18.6 Å². The summed E-state index contributed by atoms with van der Waals surface area (Å²) in [5.41, 5.74) is 6.30. The van der Waals surface area contributed by atoms with Crippen molar-refractivity contribution in [3.63, 3.8) is 0 Å². The molecule has 110 valence electrons. The van der Waals surface area contributed by atoms with Gasteiger partial charge in [0.15, 0.2) is 0 Å². The quantitative estimate of drug-likeness (QED) is 0.649. The standard InChI is InChI=1S/C15H19Cl2NO2/c1-2-9-4-3-5-11(6-9)20-15(19)10-7-12(16)14(18)13(17)8-10/h7-9,11H,2-6,18H2,1H3. The summed E-state index contributed by atoms with van der Waals surface area (Å²) >= 11 is 11.9. The third-order valence-corrected chi connectivity index (χ3v) is 4.53. The van der Waals surface area contributed by atoms with Crippen molar-refractivity contribution in [1.29, 1.82) is 0 Å². The van der Waals surface area contributed by atoms with Crippen molar-refractivity contribution in [3.05, 3.63) is 27.7 Å². The molecule has 0 heterocycles. The summed E-state index contributed by atoms with van der Waals surface area (Å²) in [7, 11) is 0. The highest BCUT2D eigenvalue weighted by atomic mass is 35.5. The summed E-state index contributed by atoms with van der Waals surface area (Å²) < 4.78 is 5.56. The van der Waals surface area contributed by atoms with Crippen LogP contribution in [0, 0.1) is 5.92 Å². The molecule has 2 N–H and O–H groups in total. The Hall–Kier alpha value is -0.930. The van der Waals surface area contributed by atoms with Crippen molar-refractivity contribution in [2.75, 3.05) is 5.73 Å². The fraction of sp³-hybridized carbons (Fsp3) is 0.533. The number of ether oxygens (including phenoxy) is 1. The number of nitrogen functional groups attached to an aromatic ring is 1. The molecule has 1 fully saturated rings. The lowest BCUT2D eigenvalue weighted by molar-refractivity contribution is 0.0140. The van der Waals surface area contributed by atoms with Crippen LogP contribution in [0.4, 0.5) is 5.69 Å².